The van der Waals surface area contributed by atoms with Gasteiger partial charge in [-0.2, -0.15) is 0 Å². The van der Waals surface area contributed by atoms with Crippen LogP contribution in [-0.2, 0) is 14.3 Å². The van der Waals surface area contributed by atoms with Crippen LogP contribution in [-0.4, -0.2) is 35.5 Å². The van der Waals surface area contributed by atoms with E-state index >= 15 is 0 Å². The summed E-state index contributed by atoms with van der Waals surface area (Å²) in [6, 6.07) is 6.97. The van der Waals surface area contributed by atoms with E-state index in [0.29, 0.717) is 23.0 Å². The summed E-state index contributed by atoms with van der Waals surface area (Å²) in [6.45, 7) is 7.61. The third-order valence-corrected chi connectivity index (χ3v) is 4.68. The average Bonchev–Trinajstić information content (AvgIpc) is 2.60. The molecule has 7 heteroatoms. The monoisotopic (exact) mass is 375 g/mol. The summed E-state index contributed by atoms with van der Waals surface area (Å²) in [6.07, 6.45) is 0. The number of rotatable bonds is 5. The highest BCUT2D eigenvalue weighted by Crippen LogP contribution is 2.31. The minimum absolute atomic E-state index is 0.0423. The highest BCUT2D eigenvalue weighted by atomic mass is 32.1. The summed E-state index contributed by atoms with van der Waals surface area (Å²) in [7, 11) is 1.81. The van der Waals surface area contributed by atoms with E-state index in [0.717, 1.165) is 11.3 Å². The van der Waals surface area contributed by atoms with Crippen LogP contribution in [0.15, 0.2) is 35.5 Å². The Hall–Kier alpha value is -2.41. The molecule has 0 radical (unpaired) electrons. The van der Waals surface area contributed by atoms with Crippen LogP contribution in [0.4, 0.5) is 5.69 Å². The van der Waals surface area contributed by atoms with Crippen LogP contribution in [0.3, 0.4) is 0 Å². The van der Waals surface area contributed by atoms with Crippen LogP contribution >= 0.6 is 12.2 Å². The Balaban J connectivity index is 2.33. The second-order valence-electron chi connectivity index (χ2n) is 6.43. The smallest absolute Gasteiger partial charge is 0.338 e. The van der Waals surface area contributed by atoms with Crippen LogP contribution in [0.5, 0.6) is 0 Å². The maximum atomic E-state index is 12.5. The largest absolute Gasteiger partial charge is 0.463 e. The molecular weight excluding hydrogens is 350 g/mol. The minimum Gasteiger partial charge on any atom is -0.463 e. The molecule has 0 bridgehead atoms. The second-order valence-corrected chi connectivity index (χ2v) is 6.81. The molecule has 0 fully saturated rings. The summed E-state index contributed by atoms with van der Waals surface area (Å²) in [5.74, 6) is -0.503. The number of ether oxygens (including phenoxy) is 1. The van der Waals surface area contributed by atoms with Gasteiger partial charge in [0.05, 0.1) is 18.2 Å². The molecule has 2 rings (SSSR count). The zero-order chi connectivity index (χ0) is 19.4. The maximum Gasteiger partial charge on any atom is 0.338 e. The molecular formula is C19H25N3O3S. The predicted octanol–water partition coefficient (Wildman–Crippen LogP) is 2.98. The van der Waals surface area contributed by atoms with Crippen molar-refractivity contribution in [3.05, 3.63) is 41.1 Å². The van der Waals surface area contributed by atoms with Crippen molar-refractivity contribution in [2.45, 2.75) is 33.7 Å². The van der Waals surface area contributed by atoms with Crippen molar-refractivity contribution in [1.82, 2.24) is 10.2 Å². The molecule has 0 aromatic heterocycles. The number of carbonyl (C=O) groups excluding carboxylic acids is 2. The first-order valence-electron chi connectivity index (χ1n) is 8.59. The number of hydrogen-bond acceptors (Lipinski definition) is 4. The van der Waals surface area contributed by atoms with E-state index < -0.39 is 6.04 Å². The fourth-order valence-corrected chi connectivity index (χ4v) is 2.86. The number of carbonyl (C=O) groups is 2. The van der Waals surface area contributed by atoms with Gasteiger partial charge < -0.3 is 20.3 Å². The third kappa shape index (κ3) is 4.22. The first-order valence-corrected chi connectivity index (χ1v) is 9.00. The maximum absolute atomic E-state index is 12.5. The highest BCUT2D eigenvalue weighted by Gasteiger charge is 2.33. The lowest BCUT2D eigenvalue weighted by molar-refractivity contribution is -0.139. The molecule has 26 heavy (non-hydrogen) atoms. The predicted molar refractivity (Wildman–Crippen MR) is 105 cm³/mol. The van der Waals surface area contributed by atoms with Gasteiger partial charge in [0.15, 0.2) is 5.11 Å². The Morgan fingerprint density at radius 2 is 1.92 bits per heavy atom. The standard InChI is InChI=1S/C19H25N3O3S/c1-6-25-18(24)15-12(4)22(5)19(26)21-16(15)13-7-9-14(10-8-13)20-17(23)11(2)3/h7-11,16H,6H2,1-5H3,(H,20,23)(H,21,26). The first kappa shape index (κ1) is 19.9. The zero-order valence-electron chi connectivity index (χ0n) is 15.8. The Morgan fingerprint density at radius 3 is 2.46 bits per heavy atom. The van der Waals surface area contributed by atoms with Gasteiger partial charge in [-0.15, -0.1) is 0 Å². The molecule has 6 nitrogen and oxygen atoms in total. The van der Waals surface area contributed by atoms with Crippen LogP contribution < -0.4 is 10.6 Å². The van der Waals surface area contributed by atoms with Crippen LogP contribution in [0.1, 0.15) is 39.3 Å². The molecule has 2 N–H and O–H groups in total. The Bertz CT molecular complexity index is 741. The number of hydrogen-bond donors (Lipinski definition) is 2. The van der Waals surface area contributed by atoms with Crippen molar-refractivity contribution in [3.8, 4) is 0 Å². The molecule has 1 atom stereocenters. The van der Waals surface area contributed by atoms with Crippen LogP contribution in [0, 0.1) is 5.92 Å². The Kier molecular flexibility index (Phi) is 6.37. The molecule has 1 aromatic rings. The Labute approximate surface area is 159 Å². The number of nitrogens with one attached hydrogen (secondary N) is 2. The van der Waals surface area contributed by atoms with E-state index in [1.807, 2.05) is 52.1 Å². The van der Waals surface area contributed by atoms with E-state index in [9.17, 15) is 9.59 Å². The summed E-state index contributed by atoms with van der Waals surface area (Å²) in [4.78, 5) is 26.1. The lowest BCUT2D eigenvalue weighted by Crippen LogP contribution is -2.46. The van der Waals surface area contributed by atoms with Gasteiger partial charge >= 0.3 is 5.97 Å². The molecule has 1 unspecified atom stereocenters. The van der Waals surface area contributed by atoms with E-state index in [2.05, 4.69) is 10.6 Å². The number of allylic oxidation sites excluding steroid dienone is 1. The van der Waals surface area contributed by atoms with Gasteiger partial charge in [0.1, 0.15) is 0 Å². The summed E-state index contributed by atoms with van der Waals surface area (Å²) >= 11 is 5.37. The van der Waals surface area contributed by atoms with Gasteiger partial charge in [0.2, 0.25) is 5.91 Å². The van der Waals surface area contributed by atoms with E-state index in [1.54, 1.807) is 11.8 Å². The van der Waals surface area contributed by atoms with Crippen molar-refractivity contribution < 1.29 is 14.3 Å². The van der Waals surface area contributed by atoms with Crippen molar-refractivity contribution in [2.24, 2.45) is 5.92 Å². The van der Waals surface area contributed by atoms with Crippen molar-refractivity contribution in [1.29, 1.82) is 0 Å². The molecule has 0 saturated heterocycles. The highest BCUT2D eigenvalue weighted by molar-refractivity contribution is 7.80. The summed E-state index contributed by atoms with van der Waals surface area (Å²) in [5, 5.41) is 6.58. The number of thiocarbonyl (C=S) groups is 1. The number of nitrogens with zero attached hydrogens (tertiary/aromatic N) is 1. The lowest BCUT2D eigenvalue weighted by atomic mass is 9.95. The molecule has 0 aliphatic carbocycles. The SMILES string of the molecule is CCOC(=O)C1=C(C)N(C)C(=S)NC1c1ccc(NC(=O)C(C)C)cc1. The first-order chi connectivity index (χ1) is 12.3. The van der Waals surface area contributed by atoms with E-state index in [4.69, 9.17) is 17.0 Å². The third-order valence-electron chi connectivity index (χ3n) is 4.29. The number of anilines is 1. The zero-order valence-corrected chi connectivity index (χ0v) is 16.6. The van der Waals surface area contributed by atoms with E-state index in [-0.39, 0.29) is 17.8 Å². The van der Waals surface area contributed by atoms with Crippen molar-refractivity contribution >= 4 is 34.9 Å². The van der Waals surface area contributed by atoms with Gasteiger partial charge in [-0.25, -0.2) is 4.79 Å². The number of amides is 1. The summed E-state index contributed by atoms with van der Waals surface area (Å²) < 4.78 is 5.23. The quantitative estimate of drug-likeness (QED) is 0.609. The molecule has 1 amide bonds. The fourth-order valence-electron chi connectivity index (χ4n) is 2.60. The van der Waals surface area contributed by atoms with Crippen LogP contribution in [0.2, 0.25) is 0 Å². The van der Waals surface area contributed by atoms with Crippen molar-refractivity contribution in [3.63, 3.8) is 0 Å². The Morgan fingerprint density at radius 1 is 1.31 bits per heavy atom. The van der Waals surface area contributed by atoms with Gasteiger partial charge in [0, 0.05) is 24.4 Å². The van der Waals surface area contributed by atoms with Crippen LogP contribution in [0.25, 0.3) is 0 Å². The fraction of sp³-hybridized carbons (Fsp3) is 0.421. The molecule has 1 aromatic carbocycles. The molecule has 0 spiro atoms. The van der Waals surface area contributed by atoms with Gasteiger partial charge in [-0.3, -0.25) is 4.79 Å². The number of esters is 1. The second kappa shape index (κ2) is 8.31. The molecule has 1 heterocycles. The molecule has 0 saturated carbocycles. The molecule has 1 aliphatic heterocycles. The normalized spacial score (nSPS) is 17.2. The average molecular weight is 375 g/mol. The molecule has 140 valence electrons. The van der Waals surface area contributed by atoms with E-state index in [1.165, 1.54) is 0 Å². The summed E-state index contributed by atoms with van der Waals surface area (Å²) in [5.41, 5.74) is 2.86. The number of benzene rings is 1. The van der Waals surface area contributed by atoms with Gasteiger partial charge in [-0.05, 0) is 43.8 Å². The topological polar surface area (TPSA) is 70.7 Å². The van der Waals surface area contributed by atoms with Gasteiger partial charge in [0.25, 0.3) is 0 Å². The van der Waals surface area contributed by atoms with Gasteiger partial charge in [-0.1, -0.05) is 26.0 Å². The molecule has 1 aliphatic rings. The lowest BCUT2D eigenvalue weighted by Gasteiger charge is -2.35. The van der Waals surface area contributed by atoms with Crippen molar-refractivity contribution in [2.75, 3.05) is 19.0 Å². The minimum atomic E-state index is -0.396.